The van der Waals surface area contributed by atoms with Gasteiger partial charge in [0.25, 0.3) is 11.8 Å². The molecule has 4 N–H and O–H groups in total. The smallest absolute Gasteiger partial charge is 0.253 e. The lowest BCUT2D eigenvalue weighted by Crippen LogP contribution is -2.49. The Morgan fingerprint density at radius 1 is 0.882 bits per heavy atom. The quantitative estimate of drug-likeness (QED) is 0.632. The molecule has 2 aromatic carbocycles. The number of hydrogen-bond donors (Lipinski definition) is 3. The summed E-state index contributed by atoms with van der Waals surface area (Å²) in [5.41, 5.74) is 8.62. The van der Waals surface area contributed by atoms with Crippen LogP contribution < -0.4 is 21.3 Å². The average molecular weight is 464 g/mol. The molecule has 2 aliphatic rings. The van der Waals surface area contributed by atoms with Gasteiger partial charge in [0.05, 0.1) is 11.4 Å². The minimum Gasteiger partial charge on any atom is -0.366 e. The SMILES string of the molecule is CC(=O)Nc1cc(C(=O)NC2CCC(N)CC2)ccc1N1CCN(C(=O)c2ccccc2)CC1. The molecule has 2 fully saturated rings. The summed E-state index contributed by atoms with van der Waals surface area (Å²) >= 11 is 0. The average Bonchev–Trinajstić information content (AvgIpc) is 2.85. The Bertz CT molecular complexity index is 1030. The van der Waals surface area contributed by atoms with Gasteiger partial charge >= 0.3 is 0 Å². The van der Waals surface area contributed by atoms with Crippen molar-refractivity contribution < 1.29 is 14.4 Å². The van der Waals surface area contributed by atoms with E-state index in [0.717, 1.165) is 31.4 Å². The van der Waals surface area contributed by atoms with Crippen LogP contribution in [0, 0.1) is 0 Å². The van der Waals surface area contributed by atoms with Gasteiger partial charge in [0.1, 0.15) is 0 Å². The van der Waals surface area contributed by atoms with E-state index in [-0.39, 0.29) is 29.8 Å². The second kappa shape index (κ2) is 10.7. The van der Waals surface area contributed by atoms with Crippen molar-refractivity contribution in [3.8, 4) is 0 Å². The number of nitrogens with two attached hydrogens (primary N) is 1. The summed E-state index contributed by atoms with van der Waals surface area (Å²) in [7, 11) is 0. The fraction of sp³-hybridized carbons (Fsp3) is 0.423. The second-order valence-corrected chi connectivity index (χ2v) is 9.14. The lowest BCUT2D eigenvalue weighted by molar-refractivity contribution is -0.114. The van der Waals surface area contributed by atoms with Gasteiger partial charge in [0.2, 0.25) is 5.91 Å². The highest BCUT2D eigenvalue weighted by molar-refractivity contribution is 5.99. The number of rotatable bonds is 5. The van der Waals surface area contributed by atoms with Crippen molar-refractivity contribution >= 4 is 29.1 Å². The summed E-state index contributed by atoms with van der Waals surface area (Å²) in [5, 5.41) is 5.98. The van der Waals surface area contributed by atoms with Crippen molar-refractivity contribution in [1.29, 1.82) is 0 Å². The van der Waals surface area contributed by atoms with E-state index in [0.29, 0.717) is 43.0 Å². The third-order valence-electron chi connectivity index (χ3n) is 6.60. The van der Waals surface area contributed by atoms with Crippen molar-refractivity contribution in [2.45, 2.75) is 44.7 Å². The first-order chi connectivity index (χ1) is 16.4. The third kappa shape index (κ3) is 5.75. The summed E-state index contributed by atoms with van der Waals surface area (Å²) < 4.78 is 0. The van der Waals surface area contributed by atoms with Crippen LogP contribution in [0.5, 0.6) is 0 Å². The van der Waals surface area contributed by atoms with Crippen molar-refractivity contribution in [2.24, 2.45) is 5.73 Å². The van der Waals surface area contributed by atoms with E-state index in [1.54, 1.807) is 12.1 Å². The summed E-state index contributed by atoms with van der Waals surface area (Å²) in [6.45, 7) is 3.90. The van der Waals surface area contributed by atoms with Crippen LogP contribution in [0.15, 0.2) is 48.5 Å². The zero-order chi connectivity index (χ0) is 24.1. The van der Waals surface area contributed by atoms with Crippen molar-refractivity contribution in [2.75, 3.05) is 36.4 Å². The van der Waals surface area contributed by atoms with Crippen LogP contribution in [0.4, 0.5) is 11.4 Å². The molecule has 0 radical (unpaired) electrons. The Balaban J connectivity index is 1.44. The lowest BCUT2D eigenvalue weighted by Gasteiger charge is -2.37. The Morgan fingerprint density at radius 2 is 1.56 bits per heavy atom. The van der Waals surface area contributed by atoms with Crippen LogP contribution in [0.3, 0.4) is 0 Å². The number of benzene rings is 2. The molecule has 8 heteroatoms. The van der Waals surface area contributed by atoms with Crippen molar-refractivity contribution in [3.05, 3.63) is 59.7 Å². The Hall–Kier alpha value is -3.39. The number of carbonyl (C=O) groups excluding carboxylic acids is 3. The third-order valence-corrected chi connectivity index (χ3v) is 6.60. The first-order valence-corrected chi connectivity index (χ1v) is 12.0. The highest BCUT2D eigenvalue weighted by Gasteiger charge is 2.25. The van der Waals surface area contributed by atoms with Gasteiger partial charge in [-0.25, -0.2) is 0 Å². The molecular formula is C26H33N5O3. The van der Waals surface area contributed by atoms with Gasteiger partial charge in [-0.3, -0.25) is 14.4 Å². The first-order valence-electron chi connectivity index (χ1n) is 12.0. The molecule has 0 bridgehead atoms. The minimum absolute atomic E-state index is 0.0259. The van der Waals surface area contributed by atoms with Gasteiger partial charge in [0.15, 0.2) is 0 Å². The largest absolute Gasteiger partial charge is 0.366 e. The number of nitrogens with one attached hydrogen (secondary N) is 2. The molecule has 1 saturated carbocycles. The normalized spacial score (nSPS) is 20.5. The number of piperazine rings is 1. The minimum atomic E-state index is -0.196. The van der Waals surface area contributed by atoms with Gasteiger partial charge in [0, 0.05) is 56.3 Å². The monoisotopic (exact) mass is 463 g/mol. The molecule has 0 aromatic heterocycles. The molecule has 0 unspecified atom stereocenters. The molecular weight excluding hydrogens is 430 g/mol. The van der Waals surface area contributed by atoms with Crippen LogP contribution in [0.25, 0.3) is 0 Å². The van der Waals surface area contributed by atoms with E-state index < -0.39 is 0 Å². The molecule has 1 aliphatic carbocycles. The predicted octanol–water partition coefficient (Wildman–Crippen LogP) is 2.61. The fourth-order valence-electron chi connectivity index (χ4n) is 4.69. The maximum Gasteiger partial charge on any atom is 0.253 e. The Labute approximate surface area is 200 Å². The van der Waals surface area contributed by atoms with Crippen LogP contribution in [0.2, 0.25) is 0 Å². The highest BCUT2D eigenvalue weighted by atomic mass is 16.2. The zero-order valence-electron chi connectivity index (χ0n) is 19.6. The van der Waals surface area contributed by atoms with E-state index in [1.165, 1.54) is 6.92 Å². The molecule has 4 rings (SSSR count). The fourth-order valence-corrected chi connectivity index (χ4v) is 4.69. The topological polar surface area (TPSA) is 108 Å². The van der Waals surface area contributed by atoms with Crippen LogP contribution in [-0.4, -0.2) is 60.9 Å². The predicted molar refractivity (Wildman–Crippen MR) is 133 cm³/mol. The molecule has 1 saturated heterocycles. The van der Waals surface area contributed by atoms with Crippen LogP contribution >= 0.6 is 0 Å². The standard InChI is InChI=1S/C26H33N5O3/c1-18(32)28-23-17-20(25(33)29-22-10-8-21(27)9-11-22)7-12-24(23)30-13-15-31(16-14-30)26(34)19-5-3-2-4-6-19/h2-7,12,17,21-22H,8-11,13-16,27H2,1H3,(H,28,32)(H,29,33). The van der Waals surface area contributed by atoms with Crippen LogP contribution in [0.1, 0.15) is 53.3 Å². The van der Waals surface area contributed by atoms with E-state index in [4.69, 9.17) is 5.73 Å². The Morgan fingerprint density at radius 3 is 2.21 bits per heavy atom. The second-order valence-electron chi connectivity index (χ2n) is 9.14. The Kier molecular flexibility index (Phi) is 7.47. The summed E-state index contributed by atoms with van der Waals surface area (Å²) in [4.78, 5) is 41.5. The van der Waals surface area contributed by atoms with Gasteiger partial charge in [-0.1, -0.05) is 18.2 Å². The number of anilines is 2. The molecule has 8 nitrogen and oxygen atoms in total. The van der Waals surface area contributed by atoms with Crippen molar-refractivity contribution in [3.63, 3.8) is 0 Å². The number of carbonyl (C=O) groups is 3. The van der Waals surface area contributed by atoms with Gasteiger partial charge < -0.3 is 26.2 Å². The first kappa shape index (κ1) is 23.8. The van der Waals surface area contributed by atoms with E-state index in [2.05, 4.69) is 15.5 Å². The van der Waals surface area contributed by atoms with Gasteiger partial charge in [-0.15, -0.1) is 0 Å². The molecule has 1 heterocycles. The zero-order valence-corrected chi connectivity index (χ0v) is 19.6. The molecule has 2 aromatic rings. The molecule has 180 valence electrons. The molecule has 0 spiro atoms. The van der Waals surface area contributed by atoms with Gasteiger partial charge in [-0.2, -0.15) is 0 Å². The number of nitrogens with zero attached hydrogens (tertiary/aromatic N) is 2. The van der Waals surface area contributed by atoms with E-state index in [9.17, 15) is 14.4 Å². The van der Waals surface area contributed by atoms with Crippen molar-refractivity contribution in [1.82, 2.24) is 10.2 Å². The van der Waals surface area contributed by atoms with E-state index in [1.807, 2.05) is 41.3 Å². The molecule has 34 heavy (non-hydrogen) atoms. The molecule has 3 amide bonds. The molecule has 0 atom stereocenters. The van der Waals surface area contributed by atoms with Gasteiger partial charge in [-0.05, 0) is 56.0 Å². The summed E-state index contributed by atoms with van der Waals surface area (Å²) in [6.07, 6.45) is 3.60. The number of hydrogen-bond acceptors (Lipinski definition) is 5. The maximum absolute atomic E-state index is 12.9. The maximum atomic E-state index is 12.9. The molecule has 1 aliphatic heterocycles. The number of amides is 3. The highest BCUT2D eigenvalue weighted by Crippen LogP contribution is 2.29. The lowest BCUT2D eigenvalue weighted by atomic mass is 9.91. The summed E-state index contributed by atoms with van der Waals surface area (Å²) in [5.74, 6) is -0.312. The summed E-state index contributed by atoms with van der Waals surface area (Å²) in [6, 6.07) is 15.1. The van der Waals surface area contributed by atoms with E-state index >= 15 is 0 Å². The van der Waals surface area contributed by atoms with Crippen LogP contribution in [-0.2, 0) is 4.79 Å².